The first kappa shape index (κ1) is 12.5. The van der Waals surface area contributed by atoms with Crippen LogP contribution in [0.25, 0.3) is 0 Å². The zero-order chi connectivity index (χ0) is 12.1. The zero-order valence-electron chi connectivity index (χ0n) is 9.27. The molecule has 1 aromatic heterocycles. The van der Waals surface area contributed by atoms with Crippen molar-refractivity contribution in [2.45, 2.75) is 18.9 Å². The molecule has 0 spiro atoms. The first-order valence-electron chi connectivity index (χ1n) is 5.50. The van der Waals surface area contributed by atoms with E-state index in [-0.39, 0.29) is 12.0 Å². The van der Waals surface area contributed by atoms with E-state index in [1.165, 1.54) is 11.3 Å². The van der Waals surface area contributed by atoms with Gasteiger partial charge in [-0.1, -0.05) is 6.07 Å². The predicted octanol–water partition coefficient (Wildman–Crippen LogP) is 1.53. The molecule has 1 aliphatic rings. The van der Waals surface area contributed by atoms with Crippen LogP contribution < -0.4 is 10.6 Å². The summed E-state index contributed by atoms with van der Waals surface area (Å²) in [4.78, 5) is 12.3. The van der Waals surface area contributed by atoms with Gasteiger partial charge in [-0.2, -0.15) is 0 Å². The smallest absolute Gasteiger partial charge is 0.267 e. The quantitative estimate of drug-likeness (QED) is 0.818. The zero-order valence-corrected chi connectivity index (χ0v) is 10.9. The van der Waals surface area contributed by atoms with Gasteiger partial charge in [-0.05, 0) is 36.5 Å². The molecule has 17 heavy (non-hydrogen) atoms. The van der Waals surface area contributed by atoms with Crippen LogP contribution in [0.5, 0.6) is 0 Å². The molecule has 4 nitrogen and oxygen atoms in total. The fraction of sp³-hybridized carbons (Fsp3) is 0.455. The Morgan fingerprint density at radius 2 is 2.53 bits per heavy atom. The third-order valence-corrected chi connectivity index (χ3v) is 3.60. The van der Waals surface area contributed by atoms with E-state index in [0.29, 0.717) is 16.5 Å². The fourth-order valence-corrected chi connectivity index (χ4v) is 2.42. The molecule has 2 heterocycles. The van der Waals surface area contributed by atoms with E-state index in [9.17, 15) is 4.79 Å². The number of rotatable bonds is 3. The molecular formula is C11H14N2O2S2. The highest BCUT2D eigenvalue weighted by Crippen LogP contribution is 2.10. The maximum Gasteiger partial charge on any atom is 0.267 e. The van der Waals surface area contributed by atoms with Crippen molar-refractivity contribution >= 4 is 34.6 Å². The summed E-state index contributed by atoms with van der Waals surface area (Å²) in [5, 5.41) is 7.86. The van der Waals surface area contributed by atoms with Crippen molar-refractivity contribution in [1.82, 2.24) is 10.6 Å². The lowest BCUT2D eigenvalue weighted by molar-refractivity contribution is 0.0977. The molecule has 0 bridgehead atoms. The second-order valence-electron chi connectivity index (χ2n) is 3.78. The van der Waals surface area contributed by atoms with Gasteiger partial charge in [0.25, 0.3) is 5.91 Å². The van der Waals surface area contributed by atoms with Crippen LogP contribution in [0.15, 0.2) is 17.5 Å². The molecule has 0 saturated carbocycles. The fourth-order valence-electron chi connectivity index (χ4n) is 1.63. The lowest BCUT2D eigenvalue weighted by Crippen LogP contribution is -2.42. The van der Waals surface area contributed by atoms with Crippen molar-refractivity contribution in [2.75, 3.05) is 13.2 Å². The Kier molecular flexibility index (Phi) is 4.47. The lowest BCUT2D eigenvalue weighted by Gasteiger charge is -2.12. The summed E-state index contributed by atoms with van der Waals surface area (Å²) in [5.41, 5.74) is 0. The predicted molar refractivity (Wildman–Crippen MR) is 71.4 cm³/mol. The number of carbonyl (C=O) groups is 1. The van der Waals surface area contributed by atoms with Crippen molar-refractivity contribution in [1.29, 1.82) is 0 Å². The molecule has 2 N–H and O–H groups in total. The number of carbonyl (C=O) groups excluding carboxylic acids is 1. The van der Waals surface area contributed by atoms with Gasteiger partial charge >= 0.3 is 0 Å². The Morgan fingerprint density at radius 3 is 3.18 bits per heavy atom. The van der Waals surface area contributed by atoms with Gasteiger partial charge in [0.15, 0.2) is 5.11 Å². The Balaban J connectivity index is 1.71. The van der Waals surface area contributed by atoms with Gasteiger partial charge in [-0.3, -0.25) is 10.1 Å². The van der Waals surface area contributed by atoms with Crippen LogP contribution in [0.2, 0.25) is 0 Å². The van der Waals surface area contributed by atoms with Crippen LogP contribution in [-0.2, 0) is 4.74 Å². The van der Waals surface area contributed by atoms with Crippen molar-refractivity contribution in [3.05, 3.63) is 22.4 Å². The van der Waals surface area contributed by atoms with E-state index < -0.39 is 0 Å². The molecule has 1 atom stereocenters. The normalized spacial score (nSPS) is 18.9. The number of hydrogen-bond acceptors (Lipinski definition) is 4. The number of nitrogens with one attached hydrogen (secondary N) is 2. The molecule has 1 aromatic rings. The van der Waals surface area contributed by atoms with E-state index in [0.717, 1.165) is 19.4 Å². The van der Waals surface area contributed by atoms with Crippen molar-refractivity contribution < 1.29 is 9.53 Å². The largest absolute Gasteiger partial charge is 0.376 e. The number of thiophene rings is 1. The molecule has 1 fully saturated rings. The molecule has 2 rings (SSSR count). The van der Waals surface area contributed by atoms with Crippen molar-refractivity contribution in [2.24, 2.45) is 0 Å². The average Bonchev–Trinajstić information content (AvgIpc) is 2.99. The third kappa shape index (κ3) is 3.76. The number of ether oxygens (including phenoxy) is 1. The summed E-state index contributed by atoms with van der Waals surface area (Å²) < 4.78 is 5.45. The van der Waals surface area contributed by atoms with Crippen LogP contribution in [0.1, 0.15) is 22.5 Å². The van der Waals surface area contributed by atoms with Crippen LogP contribution in [0.3, 0.4) is 0 Å². The SMILES string of the molecule is O=C(NC(=S)NC[C@@H]1CCCO1)c1cccs1. The summed E-state index contributed by atoms with van der Waals surface area (Å²) >= 11 is 6.44. The molecule has 1 amide bonds. The maximum atomic E-state index is 11.7. The van der Waals surface area contributed by atoms with Crippen LogP contribution in [0.4, 0.5) is 0 Å². The molecule has 1 saturated heterocycles. The number of amides is 1. The Morgan fingerprint density at radius 1 is 1.65 bits per heavy atom. The number of thiocarbonyl (C=S) groups is 1. The van der Waals surface area contributed by atoms with Crippen LogP contribution in [-0.4, -0.2) is 30.3 Å². The van der Waals surface area contributed by atoms with Crippen molar-refractivity contribution in [3.8, 4) is 0 Å². The molecule has 0 radical (unpaired) electrons. The number of hydrogen-bond donors (Lipinski definition) is 2. The topological polar surface area (TPSA) is 50.4 Å². The summed E-state index contributed by atoms with van der Waals surface area (Å²) in [6.45, 7) is 1.48. The third-order valence-electron chi connectivity index (χ3n) is 2.49. The second-order valence-corrected chi connectivity index (χ2v) is 5.13. The Labute approximate surface area is 109 Å². The molecule has 92 valence electrons. The molecule has 1 aliphatic heterocycles. The van der Waals surface area contributed by atoms with Crippen LogP contribution >= 0.6 is 23.6 Å². The van der Waals surface area contributed by atoms with Gasteiger partial charge < -0.3 is 10.1 Å². The summed E-state index contributed by atoms with van der Waals surface area (Å²) in [6, 6.07) is 3.60. The minimum Gasteiger partial charge on any atom is -0.376 e. The summed E-state index contributed by atoms with van der Waals surface area (Å²) in [7, 11) is 0. The average molecular weight is 270 g/mol. The Hall–Kier alpha value is -0.980. The lowest BCUT2D eigenvalue weighted by atomic mass is 10.2. The molecule has 6 heteroatoms. The monoisotopic (exact) mass is 270 g/mol. The highest BCUT2D eigenvalue weighted by molar-refractivity contribution is 7.80. The first-order chi connectivity index (χ1) is 8.25. The van der Waals surface area contributed by atoms with Crippen molar-refractivity contribution in [3.63, 3.8) is 0 Å². The molecular weight excluding hydrogens is 256 g/mol. The van der Waals surface area contributed by atoms with Gasteiger partial charge in [0, 0.05) is 13.2 Å². The highest BCUT2D eigenvalue weighted by atomic mass is 32.1. The first-order valence-corrected chi connectivity index (χ1v) is 6.79. The van der Waals surface area contributed by atoms with E-state index in [4.69, 9.17) is 17.0 Å². The van der Waals surface area contributed by atoms with Crippen LogP contribution in [0, 0.1) is 0 Å². The van der Waals surface area contributed by atoms with E-state index in [1.54, 1.807) is 6.07 Å². The van der Waals surface area contributed by atoms with Gasteiger partial charge in [-0.15, -0.1) is 11.3 Å². The minimum atomic E-state index is -0.162. The van der Waals surface area contributed by atoms with E-state index >= 15 is 0 Å². The van der Waals surface area contributed by atoms with Gasteiger partial charge in [0.1, 0.15) is 0 Å². The second kappa shape index (κ2) is 6.09. The molecule has 0 aliphatic carbocycles. The standard InChI is InChI=1S/C11H14N2O2S2/c14-10(9-4-2-6-17-9)13-11(16)12-7-8-3-1-5-15-8/h2,4,6,8H,1,3,5,7H2,(H2,12,13,14,16)/t8-/m0/s1. The molecule has 0 unspecified atom stereocenters. The van der Waals surface area contributed by atoms with E-state index in [2.05, 4.69) is 10.6 Å². The minimum absolute atomic E-state index is 0.162. The van der Waals surface area contributed by atoms with Gasteiger partial charge in [-0.25, -0.2) is 0 Å². The van der Waals surface area contributed by atoms with Gasteiger partial charge in [0.05, 0.1) is 11.0 Å². The summed E-state index contributed by atoms with van der Waals surface area (Å²) in [5.74, 6) is -0.162. The highest BCUT2D eigenvalue weighted by Gasteiger charge is 2.16. The Bertz CT molecular complexity index is 386. The van der Waals surface area contributed by atoms with E-state index in [1.807, 2.05) is 11.4 Å². The molecule has 0 aromatic carbocycles. The van der Waals surface area contributed by atoms with Gasteiger partial charge in [0.2, 0.25) is 0 Å². The maximum absolute atomic E-state index is 11.7. The summed E-state index contributed by atoms with van der Waals surface area (Å²) in [6.07, 6.45) is 2.36.